The van der Waals surface area contributed by atoms with E-state index in [1.54, 1.807) is 19.6 Å². The van der Waals surface area contributed by atoms with Crippen molar-refractivity contribution in [3.63, 3.8) is 0 Å². The zero-order valence-electron chi connectivity index (χ0n) is 16.5. The molecule has 2 aromatic rings. The minimum Gasteiger partial charge on any atom is -0.497 e. The highest BCUT2D eigenvalue weighted by Crippen LogP contribution is 2.28. The van der Waals surface area contributed by atoms with Gasteiger partial charge in [-0.25, -0.2) is 4.98 Å². The molecule has 0 aliphatic carbocycles. The van der Waals surface area contributed by atoms with Crippen molar-refractivity contribution in [1.82, 2.24) is 15.6 Å². The number of ether oxygens (including phenoxy) is 2. The van der Waals surface area contributed by atoms with Crippen molar-refractivity contribution in [2.75, 3.05) is 45.8 Å². The van der Waals surface area contributed by atoms with Gasteiger partial charge < -0.3 is 25.4 Å². The largest absolute Gasteiger partial charge is 0.497 e. The summed E-state index contributed by atoms with van der Waals surface area (Å²) in [6.07, 6.45) is 1.98. The number of piperidine rings is 1. The highest BCUT2D eigenvalue weighted by atomic mass is 35.5. The van der Waals surface area contributed by atoms with Crippen molar-refractivity contribution in [2.45, 2.75) is 12.8 Å². The predicted octanol–water partition coefficient (Wildman–Crippen LogP) is 3.48. The molecule has 1 saturated heterocycles. The summed E-state index contributed by atoms with van der Waals surface area (Å²) in [6, 6.07) is 7.56. The molecule has 0 bridgehead atoms. The molecule has 0 unspecified atom stereocenters. The third-order valence-corrected chi connectivity index (χ3v) is 5.57. The second-order valence-electron chi connectivity index (χ2n) is 6.76. The highest BCUT2D eigenvalue weighted by Gasteiger charge is 2.32. The fourth-order valence-electron chi connectivity index (χ4n) is 3.23. The maximum Gasteiger partial charge on any atom is 0.270 e. The minimum atomic E-state index is -0.150. The van der Waals surface area contributed by atoms with Gasteiger partial charge in [0.25, 0.3) is 5.91 Å². The van der Waals surface area contributed by atoms with E-state index in [-0.39, 0.29) is 36.1 Å². The average Bonchev–Trinajstić information content (AvgIpc) is 3.16. The maximum atomic E-state index is 12.5. The smallest absolute Gasteiger partial charge is 0.270 e. The lowest BCUT2D eigenvalue weighted by atomic mass is 9.79. The summed E-state index contributed by atoms with van der Waals surface area (Å²) in [7, 11) is 3.35. The zero-order valence-corrected chi connectivity index (χ0v) is 19.0. The van der Waals surface area contributed by atoms with E-state index in [2.05, 4.69) is 20.9 Å². The Morgan fingerprint density at radius 2 is 1.90 bits per heavy atom. The van der Waals surface area contributed by atoms with Crippen LogP contribution in [0.4, 0.5) is 10.8 Å². The SMILES string of the molecule is COCC1(CNC(=O)c2csc(Nc3ccc(OC)cc3)n2)CCNCC1.Cl.Cl. The van der Waals surface area contributed by atoms with Crippen LogP contribution in [0.25, 0.3) is 0 Å². The third-order valence-electron chi connectivity index (χ3n) is 4.82. The summed E-state index contributed by atoms with van der Waals surface area (Å²) in [5, 5.41) is 12.1. The molecular formula is C19H28Cl2N4O3S. The number of halogens is 2. The lowest BCUT2D eigenvalue weighted by Crippen LogP contribution is -2.47. The Morgan fingerprint density at radius 3 is 2.52 bits per heavy atom. The number of carbonyl (C=O) groups excluding carboxylic acids is 1. The van der Waals surface area contributed by atoms with Gasteiger partial charge in [0.2, 0.25) is 0 Å². The van der Waals surface area contributed by atoms with Crippen LogP contribution in [-0.4, -0.2) is 51.4 Å². The van der Waals surface area contributed by atoms with Gasteiger partial charge in [-0.2, -0.15) is 0 Å². The van der Waals surface area contributed by atoms with E-state index in [4.69, 9.17) is 9.47 Å². The molecular weight excluding hydrogens is 435 g/mol. The molecule has 162 valence electrons. The molecule has 1 aliphatic rings. The molecule has 10 heteroatoms. The monoisotopic (exact) mass is 462 g/mol. The summed E-state index contributed by atoms with van der Waals surface area (Å²) >= 11 is 1.40. The number of nitrogens with one attached hydrogen (secondary N) is 3. The number of methoxy groups -OCH3 is 2. The molecule has 0 atom stereocenters. The van der Waals surface area contributed by atoms with E-state index in [1.807, 2.05) is 24.3 Å². The number of hydrogen-bond donors (Lipinski definition) is 3. The van der Waals surface area contributed by atoms with Gasteiger partial charge in [0.15, 0.2) is 5.13 Å². The fourth-order valence-corrected chi connectivity index (χ4v) is 3.94. The lowest BCUT2D eigenvalue weighted by Gasteiger charge is -2.37. The number of rotatable bonds is 8. The van der Waals surface area contributed by atoms with Gasteiger partial charge in [0.1, 0.15) is 11.4 Å². The predicted molar refractivity (Wildman–Crippen MR) is 122 cm³/mol. The molecule has 1 aromatic carbocycles. The van der Waals surface area contributed by atoms with E-state index in [0.717, 1.165) is 37.4 Å². The summed E-state index contributed by atoms with van der Waals surface area (Å²) in [6.45, 7) is 3.15. The first kappa shape index (κ1) is 25.5. The number of aromatic nitrogens is 1. The molecule has 0 spiro atoms. The number of anilines is 2. The molecule has 3 N–H and O–H groups in total. The average molecular weight is 463 g/mol. The highest BCUT2D eigenvalue weighted by molar-refractivity contribution is 7.14. The quantitative estimate of drug-likeness (QED) is 0.556. The van der Waals surface area contributed by atoms with Crippen molar-refractivity contribution in [2.24, 2.45) is 5.41 Å². The van der Waals surface area contributed by atoms with Crippen LogP contribution in [0.15, 0.2) is 29.6 Å². The topological polar surface area (TPSA) is 84.5 Å². The van der Waals surface area contributed by atoms with Crippen LogP contribution in [0.1, 0.15) is 23.3 Å². The van der Waals surface area contributed by atoms with Gasteiger partial charge in [-0.3, -0.25) is 4.79 Å². The summed E-state index contributed by atoms with van der Waals surface area (Å²) < 4.78 is 10.5. The fraction of sp³-hybridized carbons (Fsp3) is 0.474. The molecule has 1 aromatic heterocycles. The van der Waals surface area contributed by atoms with Crippen molar-refractivity contribution in [1.29, 1.82) is 0 Å². The van der Waals surface area contributed by atoms with Crippen molar-refractivity contribution >= 4 is 52.9 Å². The molecule has 7 nitrogen and oxygen atoms in total. The molecule has 1 amide bonds. The normalized spacial score (nSPS) is 14.8. The first-order chi connectivity index (χ1) is 13.1. The minimum absolute atomic E-state index is 0. The van der Waals surface area contributed by atoms with Gasteiger partial charge in [0.05, 0.1) is 13.7 Å². The van der Waals surface area contributed by atoms with Gasteiger partial charge >= 0.3 is 0 Å². The molecule has 1 fully saturated rings. The van der Waals surface area contributed by atoms with E-state index in [9.17, 15) is 4.79 Å². The van der Waals surface area contributed by atoms with E-state index < -0.39 is 0 Å². The van der Waals surface area contributed by atoms with Gasteiger partial charge in [0, 0.05) is 30.1 Å². The van der Waals surface area contributed by atoms with Crippen LogP contribution < -0.4 is 20.7 Å². The molecule has 2 heterocycles. The van der Waals surface area contributed by atoms with Crippen LogP contribution >= 0.6 is 36.2 Å². The summed E-state index contributed by atoms with van der Waals surface area (Å²) in [4.78, 5) is 16.9. The number of amides is 1. The first-order valence-electron chi connectivity index (χ1n) is 8.99. The van der Waals surface area contributed by atoms with Crippen LogP contribution in [0.5, 0.6) is 5.75 Å². The molecule has 1 aliphatic heterocycles. The van der Waals surface area contributed by atoms with Crippen LogP contribution in [0.3, 0.4) is 0 Å². The first-order valence-corrected chi connectivity index (χ1v) is 9.87. The maximum absolute atomic E-state index is 12.5. The van der Waals surface area contributed by atoms with Gasteiger partial charge in [-0.05, 0) is 50.2 Å². The Kier molecular flexibility index (Phi) is 10.7. The number of hydrogen-bond acceptors (Lipinski definition) is 7. The van der Waals surface area contributed by atoms with Crippen LogP contribution in [-0.2, 0) is 4.74 Å². The van der Waals surface area contributed by atoms with E-state index in [1.165, 1.54) is 11.3 Å². The van der Waals surface area contributed by atoms with Gasteiger partial charge in [-0.1, -0.05) is 0 Å². The van der Waals surface area contributed by atoms with Crippen molar-refractivity contribution in [3.8, 4) is 5.75 Å². The Hall–Kier alpha value is -1.58. The van der Waals surface area contributed by atoms with Crippen LogP contribution in [0, 0.1) is 5.41 Å². The molecule has 3 rings (SSSR count). The second-order valence-corrected chi connectivity index (χ2v) is 7.62. The summed E-state index contributed by atoms with van der Waals surface area (Å²) in [5.74, 6) is 0.644. The number of thiazole rings is 1. The Morgan fingerprint density at radius 1 is 1.21 bits per heavy atom. The standard InChI is InChI=1S/C19H26N4O3S.2ClH/c1-25-13-19(7-9-20-10-8-19)12-21-17(24)16-11-27-18(23-16)22-14-3-5-15(26-2)6-4-14;;/h3-6,11,20H,7-10,12-13H2,1-2H3,(H,21,24)(H,22,23);2*1H. The molecule has 29 heavy (non-hydrogen) atoms. The lowest BCUT2D eigenvalue weighted by molar-refractivity contribution is 0.0511. The Bertz CT molecular complexity index is 747. The number of benzene rings is 1. The van der Waals surface area contributed by atoms with Gasteiger partial charge in [-0.15, -0.1) is 36.2 Å². The van der Waals surface area contributed by atoms with E-state index >= 15 is 0 Å². The second kappa shape index (κ2) is 12.2. The molecule has 0 saturated carbocycles. The van der Waals surface area contributed by atoms with Crippen LogP contribution in [0.2, 0.25) is 0 Å². The van der Waals surface area contributed by atoms with Crippen molar-refractivity contribution < 1.29 is 14.3 Å². The number of carbonyl (C=O) groups is 1. The van der Waals surface area contributed by atoms with Crippen molar-refractivity contribution in [3.05, 3.63) is 35.3 Å². The number of nitrogens with zero attached hydrogens (tertiary/aromatic N) is 1. The Labute approximate surface area is 187 Å². The Balaban J connectivity index is 0.00000210. The summed E-state index contributed by atoms with van der Waals surface area (Å²) in [5.41, 5.74) is 1.32. The zero-order chi connectivity index (χ0) is 19.1. The third kappa shape index (κ3) is 7.01. The molecule has 0 radical (unpaired) electrons. The van der Waals surface area contributed by atoms with E-state index in [0.29, 0.717) is 24.0 Å².